The van der Waals surface area contributed by atoms with Crippen LogP contribution in [-0.2, 0) is 15.7 Å². The number of nitrogens with two attached hydrogens (primary N) is 1. The Morgan fingerprint density at radius 3 is 2.29 bits per heavy atom. The molecule has 2 rings (SSSR count). The number of nitrogens with zero attached hydrogens (tertiary/aromatic N) is 1. The molecule has 1 heterocycles. The first-order valence-electron chi connectivity index (χ1n) is 7.67. The number of hydrogen-bond donors (Lipinski definition) is 1. The lowest BCUT2D eigenvalue weighted by Crippen LogP contribution is -2.36. The number of carbonyl (C=O) groups is 1. The van der Waals surface area contributed by atoms with Crippen molar-refractivity contribution in [2.45, 2.75) is 70.3 Å². The second-order valence-electron chi connectivity index (χ2n) is 7.01. The van der Waals surface area contributed by atoms with E-state index < -0.39 is 0 Å². The summed E-state index contributed by atoms with van der Waals surface area (Å²) in [5, 5.41) is 0.898. The molecule has 0 spiro atoms. The fourth-order valence-electron chi connectivity index (χ4n) is 2.85. The number of thiazole rings is 1. The summed E-state index contributed by atoms with van der Waals surface area (Å²) >= 11 is 1.42. The van der Waals surface area contributed by atoms with Crippen LogP contribution in [0.2, 0.25) is 0 Å². The molecule has 118 valence electrons. The van der Waals surface area contributed by atoms with Gasteiger partial charge in [0.25, 0.3) is 0 Å². The SMILES string of the molecule is COC(=O)c1sc(C2(N)CCCCCC2)nc1C(C)(C)C. The molecule has 0 amide bonds. The van der Waals surface area contributed by atoms with E-state index in [9.17, 15) is 4.79 Å². The van der Waals surface area contributed by atoms with Crippen molar-refractivity contribution in [1.82, 2.24) is 4.98 Å². The Balaban J connectivity index is 2.45. The molecule has 4 nitrogen and oxygen atoms in total. The summed E-state index contributed by atoms with van der Waals surface area (Å²) in [4.78, 5) is 17.4. The highest BCUT2D eigenvalue weighted by molar-refractivity contribution is 7.13. The van der Waals surface area contributed by atoms with Crippen molar-refractivity contribution in [2.75, 3.05) is 7.11 Å². The lowest BCUT2D eigenvalue weighted by molar-refractivity contribution is 0.0603. The molecule has 1 aromatic rings. The first-order chi connectivity index (χ1) is 9.78. The lowest BCUT2D eigenvalue weighted by atomic mass is 9.90. The van der Waals surface area contributed by atoms with E-state index in [0.29, 0.717) is 4.88 Å². The van der Waals surface area contributed by atoms with Gasteiger partial charge in [0, 0.05) is 5.41 Å². The topological polar surface area (TPSA) is 65.2 Å². The molecule has 0 bridgehead atoms. The first kappa shape index (κ1) is 16.4. The molecule has 1 fully saturated rings. The van der Waals surface area contributed by atoms with E-state index in [1.165, 1.54) is 31.3 Å². The van der Waals surface area contributed by atoms with E-state index in [-0.39, 0.29) is 16.9 Å². The molecule has 2 N–H and O–H groups in total. The third kappa shape index (κ3) is 3.46. The van der Waals surface area contributed by atoms with E-state index in [0.717, 1.165) is 36.4 Å². The Kier molecular flexibility index (Phi) is 4.73. The van der Waals surface area contributed by atoms with Crippen LogP contribution in [0.5, 0.6) is 0 Å². The van der Waals surface area contributed by atoms with Crippen LogP contribution in [0.1, 0.15) is 79.7 Å². The van der Waals surface area contributed by atoms with Crippen molar-refractivity contribution >= 4 is 17.3 Å². The molecule has 0 aromatic carbocycles. The van der Waals surface area contributed by atoms with Crippen molar-refractivity contribution in [2.24, 2.45) is 5.73 Å². The summed E-state index contributed by atoms with van der Waals surface area (Å²) < 4.78 is 4.92. The molecule has 0 atom stereocenters. The molecular formula is C16H26N2O2S. The molecule has 1 aliphatic rings. The maximum Gasteiger partial charge on any atom is 0.350 e. The molecule has 5 heteroatoms. The number of aromatic nitrogens is 1. The van der Waals surface area contributed by atoms with Gasteiger partial charge < -0.3 is 10.5 Å². The van der Waals surface area contributed by atoms with Gasteiger partial charge in [-0.2, -0.15) is 0 Å². The largest absolute Gasteiger partial charge is 0.465 e. The minimum Gasteiger partial charge on any atom is -0.465 e. The number of ether oxygens (including phenoxy) is 1. The van der Waals surface area contributed by atoms with Gasteiger partial charge in [0.05, 0.1) is 18.3 Å². The summed E-state index contributed by atoms with van der Waals surface area (Å²) in [6.45, 7) is 6.19. The van der Waals surface area contributed by atoms with Crippen LogP contribution in [0, 0.1) is 0 Å². The second kappa shape index (κ2) is 6.05. The van der Waals surface area contributed by atoms with Crippen LogP contribution >= 0.6 is 11.3 Å². The van der Waals surface area contributed by atoms with Crippen LogP contribution < -0.4 is 5.73 Å². The van der Waals surface area contributed by atoms with Gasteiger partial charge in [-0.1, -0.05) is 46.5 Å². The van der Waals surface area contributed by atoms with Gasteiger partial charge in [-0.05, 0) is 12.8 Å². The monoisotopic (exact) mass is 310 g/mol. The molecule has 0 unspecified atom stereocenters. The standard InChI is InChI=1S/C16H26N2O2S/c1-15(2,3)12-11(13(19)20-4)21-14(18-12)16(17)9-7-5-6-8-10-16/h5-10,17H2,1-4H3. The molecule has 0 radical (unpaired) electrons. The van der Waals surface area contributed by atoms with Gasteiger partial charge in [-0.25, -0.2) is 9.78 Å². The zero-order valence-electron chi connectivity index (χ0n) is 13.5. The quantitative estimate of drug-likeness (QED) is 0.667. The maximum atomic E-state index is 12.1. The van der Waals surface area contributed by atoms with E-state index in [2.05, 4.69) is 20.8 Å². The average molecular weight is 310 g/mol. The normalized spacial score (nSPS) is 19.1. The van der Waals surface area contributed by atoms with Gasteiger partial charge >= 0.3 is 5.97 Å². The van der Waals surface area contributed by atoms with Crippen LogP contribution in [0.4, 0.5) is 0 Å². The van der Waals surface area contributed by atoms with Crippen LogP contribution in [0.3, 0.4) is 0 Å². The van der Waals surface area contributed by atoms with Gasteiger partial charge in [-0.15, -0.1) is 11.3 Å². The first-order valence-corrected chi connectivity index (χ1v) is 8.48. The highest BCUT2D eigenvalue weighted by Gasteiger charge is 2.36. The summed E-state index contributed by atoms with van der Waals surface area (Å²) in [6, 6.07) is 0. The van der Waals surface area contributed by atoms with E-state index in [1.54, 1.807) is 0 Å². The lowest BCUT2D eigenvalue weighted by Gasteiger charge is -2.25. The number of rotatable bonds is 2. The molecule has 1 aliphatic carbocycles. The van der Waals surface area contributed by atoms with Crippen molar-refractivity contribution in [3.05, 3.63) is 15.6 Å². The molecule has 1 saturated carbocycles. The zero-order valence-corrected chi connectivity index (χ0v) is 14.3. The smallest absolute Gasteiger partial charge is 0.350 e. The van der Waals surface area contributed by atoms with E-state index in [1.807, 2.05) is 0 Å². The minimum atomic E-state index is -0.382. The number of methoxy groups -OCH3 is 1. The van der Waals surface area contributed by atoms with Crippen LogP contribution in [-0.4, -0.2) is 18.1 Å². The van der Waals surface area contributed by atoms with Crippen molar-refractivity contribution < 1.29 is 9.53 Å². The van der Waals surface area contributed by atoms with Crippen LogP contribution in [0.15, 0.2) is 0 Å². The summed E-state index contributed by atoms with van der Waals surface area (Å²) in [6.07, 6.45) is 6.64. The summed E-state index contributed by atoms with van der Waals surface area (Å²) in [5.41, 5.74) is 6.88. The third-order valence-electron chi connectivity index (χ3n) is 4.13. The van der Waals surface area contributed by atoms with Gasteiger partial charge in [0.1, 0.15) is 9.88 Å². The van der Waals surface area contributed by atoms with Gasteiger partial charge in [0.15, 0.2) is 0 Å². The van der Waals surface area contributed by atoms with E-state index in [4.69, 9.17) is 15.5 Å². The fourth-order valence-corrected chi connectivity index (χ4v) is 4.20. The van der Waals surface area contributed by atoms with Crippen molar-refractivity contribution in [1.29, 1.82) is 0 Å². The highest BCUT2D eigenvalue weighted by Crippen LogP contribution is 2.39. The number of carbonyl (C=O) groups excluding carboxylic acids is 1. The van der Waals surface area contributed by atoms with Crippen molar-refractivity contribution in [3.63, 3.8) is 0 Å². The summed E-state index contributed by atoms with van der Waals surface area (Å²) in [5.74, 6) is -0.305. The molecule has 0 aliphatic heterocycles. The predicted octanol–water partition coefficient (Wildman–Crippen LogP) is 3.74. The van der Waals surface area contributed by atoms with Gasteiger partial charge in [0.2, 0.25) is 0 Å². The number of hydrogen-bond acceptors (Lipinski definition) is 5. The zero-order chi connectivity index (χ0) is 15.7. The Morgan fingerprint density at radius 1 is 1.24 bits per heavy atom. The average Bonchev–Trinajstić information content (AvgIpc) is 2.77. The molecule has 1 aromatic heterocycles. The second-order valence-corrected chi connectivity index (χ2v) is 8.01. The van der Waals surface area contributed by atoms with Crippen LogP contribution in [0.25, 0.3) is 0 Å². The van der Waals surface area contributed by atoms with Gasteiger partial charge in [-0.3, -0.25) is 0 Å². The molecule has 0 saturated heterocycles. The number of esters is 1. The minimum absolute atomic E-state index is 0.195. The third-order valence-corrected chi connectivity index (χ3v) is 5.39. The Labute approximate surface area is 131 Å². The highest BCUT2D eigenvalue weighted by atomic mass is 32.1. The van der Waals surface area contributed by atoms with Crippen molar-refractivity contribution in [3.8, 4) is 0 Å². The predicted molar refractivity (Wildman–Crippen MR) is 85.7 cm³/mol. The molecule has 21 heavy (non-hydrogen) atoms. The Hall–Kier alpha value is -0.940. The van der Waals surface area contributed by atoms with E-state index >= 15 is 0 Å². The Bertz CT molecular complexity index is 509. The fraction of sp³-hybridized carbons (Fsp3) is 0.750. The summed E-state index contributed by atoms with van der Waals surface area (Å²) in [7, 11) is 1.41. The Morgan fingerprint density at radius 2 is 1.81 bits per heavy atom. The maximum absolute atomic E-state index is 12.1. The molecular weight excluding hydrogens is 284 g/mol.